The second kappa shape index (κ2) is 12.4. The maximum atomic E-state index is 12.0. The number of esters is 1. The first-order valence-corrected chi connectivity index (χ1v) is 9.07. The molecule has 0 bridgehead atoms. The molecule has 1 aliphatic carbocycles. The lowest BCUT2D eigenvalue weighted by atomic mass is 9.96. The first-order valence-electron chi connectivity index (χ1n) is 9.07. The molecule has 0 saturated heterocycles. The van der Waals surface area contributed by atoms with E-state index in [1.54, 1.807) is 0 Å². The number of carbonyl (C=O) groups excluding carboxylic acids is 2. The molecule has 22 heavy (non-hydrogen) atoms. The minimum Gasteiger partial charge on any atom is -0.466 e. The topological polar surface area (TPSA) is 43.4 Å². The highest BCUT2D eigenvalue weighted by Gasteiger charge is 2.17. The van der Waals surface area contributed by atoms with E-state index in [0.717, 1.165) is 19.3 Å². The lowest BCUT2D eigenvalue weighted by Crippen LogP contribution is -2.17. The van der Waals surface area contributed by atoms with Gasteiger partial charge in [-0.3, -0.25) is 9.59 Å². The Bertz CT molecular complexity index is 347. The Morgan fingerprint density at radius 1 is 1.05 bits per heavy atom. The van der Waals surface area contributed by atoms with Crippen molar-refractivity contribution in [3.05, 3.63) is 12.2 Å². The van der Waals surface area contributed by atoms with E-state index < -0.39 is 0 Å². The number of Topliss-reactive ketones (excluding diaryl/α,β-unsaturated/α-hetero) is 1. The van der Waals surface area contributed by atoms with Gasteiger partial charge in [0.25, 0.3) is 0 Å². The van der Waals surface area contributed by atoms with Gasteiger partial charge < -0.3 is 4.74 Å². The predicted octanol–water partition coefficient (Wildman–Crippen LogP) is 4.99. The van der Waals surface area contributed by atoms with Crippen molar-refractivity contribution in [2.24, 2.45) is 5.92 Å². The van der Waals surface area contributed by atoms with E-state index in [9.17, 15) is 9.59 Å². The molecule has 0 spiro atoms. The Hall–Kier alpha value is -1.12. The summed E-state index contributed by atoms with van der Waals surface area (Å²) in [6.07, 6.45) is 16.3. The third kappa shape index (κ3) is 9.01. The van der Waals surface area contributed by atoms with Gasteiger partial charge >= 0.3 is 5.97 Å². The van der Waals surface area contributed by atoms with Crippen LogP contribution in [0.3, 0.4) is 0 Å². The number of hydrogen-bond acceptors (Lipinski definition) is 3. The van der Waals surface area contributed by atoms with Crippen LogP contribution in [0.15, 0.2) is 12.2 Å². The van der Waals surface area contributed by atoms with Gasteiger partial charge in [-0.1, -0.05) is 57.1 Å². The molecule has 3 nitrogen and oxygen atoms in total. The van der Waals surface area contributed by atoms with Gasteiger partial charge in [-0.25, -0.2) is 0 Å². The molecule has 0 heterocycles. The van der Waals surface area contributed by atoms with Crippen LogP contribution in [0.5, 0.6) is 0 Å². The van der Waals surface area contributed by atoms with Crippen molar-refractivity contribution in [1.82, 2.24) is 0 Å². The molecule has 0 aromatic carbocycles. The van der Waals surface area contributed by atoms with Crippen LogP contribution in [0.25, 0.3) is 0 Å². The zero-order chi connectivity index (χ0) is 16.0. The number of hydrogen-bond donors (Lipinski definition) is 0. The molecule has 1 unspecified atom stereocenters. The number of ketones is 1. The van der Waals surface area contributed by atoms with Gasteiger partial charge in [0.05, 0.1) is 12.5 Å². The first-order chi connectivity index (χ1) is 10.7. The number of allylic oxidation sites excluding steroid dienone is 2. The highest BCUT2D eigenvalue weighted by Crippen LogP contribution is 2.19. The maximum Gasteiger partial charge on any atom is 0.309 e. The van der Waals surface area contributed by atoms with Crippen LogP contribution in [-0.2, 0) is 14.3 Å². The van der Waals surface area contributed by atoms with Gasteiger partial charge in [0.1, 0.15) is 5.78 Å². The number of rotatable bonds is 2. The van der Waals surface area contributed by atoms with Crippen LogP contribution in [0.1, 0.15) is 84.0 Å². The molecule has 1 rings (SSSR count). The molecule has 3 heteroatoms. The molecular weight excluding hydrogens is 276 g/mol. The van der Waals surface area contributed by atoms with E-state index >= 15 is 0 Å². The molecule has 0 fully saturated rings. The summed E-state index contributed by atoms with van der Waals surface area (Å²) in [5.74, 6) is 0.190. The monoisotopic (exact) mass is 308 g/mol. The van der Waals surface area contributed by atoms with Crippen molar-refractivity contribution < 1.29 is 14.3 Å². The molecule has 0 saturated carbocycles. The fraction of sp³-hybridized carbons (Fsp3) is 0.789. The lowest BCUT2D eigenvalue weighted by Gasteiger charge is -2.13. The Kier molecular flexibility index (Phi) is 10.7. The summed E-state index contributed by atoms with van der Waals surface area (Å²) in [5.41, 5.74) is 0. The third-order valence-corrected chi connectivity index (χ3v) is 4.31. The molecule has 0 aromatic heterocycles. The molecular formula is C19H32O3. The first kappa shape index (κ1) is 18.9. The van der Waals surface area contributed by atoms with Crippen LogP contribution in [0, 0.1) is 5.92 Å². The van der Waals surface area contributed by atoms with Gasteiger partial charge in [0.2, 0.25) is 0 Å². The van der Waals surface area contributed by atoms with E-state index in [-0.39, 0.29) is 11.9 Å². The van der Waals surface area contributed by atoms with Gasteiger partial charge in [0, 0.05) is 12.8 Å². The minimum absolute atomic E-state index is 0.0424. The summed E-state index contributed by atoms with van der Waals surface area (Å²) >= 11 is 0. The van der Waals surface area contributed by atoms with Crippen LogP contribution >= 0.6 is 0 Å². The summed E-state index contributed by atoms with van der Waals surface area (Å²) in [5, 5.41) is 0. The quantitative estimate of drug-likeness (QED) is 0.533. The standard InChI is InChI=1S/C19H32O3/c1-2-22-19(21)17-13-9-7-5-3-4-6-8-10-15-18(20)16-12-11-14-17/h11-12,17H,2-10,13-16H2,1H3/b12-11-. The summed E-state index contributed by atoms with van der Waals surface area (Å²) in [7, 11) is 0. The van der Waals surface area contributed by atoms with Gasteiger partial charge in [-0.2, -0.15) is 0 Å². The molecule has 0 radical (unpaired) electrons. The Morgan fingerprint density at radius 3 is 2.36 bits per heavy atom. The predicted molar refractivity (Wildman–Crippen MR) is 89.7 cm³/mol. The molecule has 1 atom stereocenters. The smallest absolute Gasteiger partial charge is 0.309 e. The van der Waals surface area contributed by atoms with Crippen molar-refractivity contribution in [2.45, 2.75) is 84.0 Å². The lowest BCUT2D eigenvalue weighted by molar-refractivity contribution is -0.148. The highest BCUT2D eigenvalue weighted by molar-refractivity contribution is 5.79. The van der Waals surface area contributed by atoms with Crippen LogP contribution < -0.4 is 0 Å². The fourth-order valence-electron chi connectivity index (χ4n) is 2.94. The third-order valence-electron chi connectivity index (χ3n) is 4.31. The summed E-state index contributed by atoms with van der Waals surface area (Å²) in [6, 6.07) is 0. The highest BCUT2D eigenvalue weighted by atomic mass is 16.5. The molecule has 126 valence electrons. The van der Waals surface area contributed by atoms with Crippen molar-refractivity contribution in [3.8, 4) is 0 Å². The molecule has 0 amide bonds. The molecule has 1 aliphatic rings. The largest absolute Gasteiger partial charge is 0.466 e. The van der Waals surface area contributed by atoms with Crippen molar-refractivity contribution in [1.29, 1.82) is 0 Å². The second-order valence-electron chi connectivity index (χ2n) is 6.27. The van der Waals surface area contributed by atoms with Gasteiger partial charge in [-0.15, -0.1) is 0 Å². The minimum atomic E-state index is -0.0837. The van der Waals surface area contributed by atoms with Crippen LogP contribution in [0.4, 0.5) is 0 Å². The number of ether oxygens (including phenoxy) is 1. The Morgan fingerprint density at radius 2 is 1.68 bits per heavy atom. The molecule has 0 aromatic rings. The molecule has 0 N–H and O–H groups in total. The van der Waals surface area contributed by atoms with E-state index in [1.807, 2.05) is 19.1 Å². The SMILES string of the molecule is CCOC(=O)C1C/C=C\CC(=O)CCCCCCCCCC1. The zero-order valence-electron chi connectivity index (χ0n) is 14.1. The summed E-state index contributed by atoms with van der Waals surface area (Å²) in [4.78, 5) is 23.7. The van der Waals surface area contributed by atoms with Crippen molar-refractivity contribution in [2.75, 3.05) is 6.61 Å². The Labute approximate surface area is 135 Å². The van der Waals surface area contributed by atoms with Crippen LogP contribution in [0.2, 0.25) is 0 Å². The second-order valence-corrected chi connectivity index (χ2v) is 6.27. The Balaban J connectivity index is 2.50. The van der Waals surface area contributed by atoms with Crippen LogP contribution in [-0.4, -0.2) is 18.4 Å². The van der Waals surface area contributed by atoms with E-state index in [0.29, 0.717) is 31.7 Å². The van der Waals surface area contributed by atoms with Crippen molar-refractivity contribution >= 4 is 11.8 Å². The normalized spacial score (nSPS) is 24.6. The van der Waals surface area contributed by atoms with Gasteiger partial charge in [0.15, 0.2) is 0 Å². The average molecular weight is 308 g/mol. The van der Waals surface area contributed by atoms with E-state index in [2.05, 4.69) is 0 Å². The van der Waals surface area contributed by atoms with E-state index in [1.165, 1.54) is 38.5 Å². The fourth-order valence-corrected chi connectivity index (χ4v) is 2.94. The van der Waals surface area contributed by atoms with Crippen molar-refractivity contribution in [3.63, 3.8) is 0 Å². The summed E-state index contributed by atoms with van der Waals surface area (Å²) < 4.78 is 5.17. The average Bonchev–Trinajstić information content (AvgIpc) is 2.50. The number of carbonyl (C=O) groups is 2. The summed E-state index contributed by atoms with van der Waals surface area (Å²) in [6.45, 7) is 2.29. The zero-order valence-corrected chi connectivity index (χ0v) is 14.1. The molecule has 0 aliphatic heterocycles. The van der Waals surface area contributed by atoms with Gasteiger partial charge in [-0.05, 0) is 26.2 Å². The maximum absolute atomic E-state index is 12.0. The van der Waals surface area contributed by atoms with E-state index in [4.69, 9.17) is 4.74 Å².